The van der Waals surface area contributed by atoms with E-state index in [0.29, 0.717) is 22.3 Å². The summed E-state index contributed by atoms with van der Waals surface area (Å²) in [5.41, 5.74) is 0.313. The van der Waals surface area contributed by atoms with Crippen LogP contribution >= 0.6 is 0 Å². The van der Waals surface area contributed by atoms with E-state index in [2.05, 4.69) is 24.3 Å². The lowest BCUT2D eigenvalue weighted by Gasteiger charge is -2.19. The Balaban J connectivity index is 0.000000174. The molecule has 0 fully saturated rings. The Bertz CT molecular complexity index is 6610. The lowest BCUT2D eigenvalue weighted by Crippen LogP contribution is -1.91. The van der Waals surface area contributed by atoms with Crippen molar-refractivity contribution in [3.63, 3.8) is 0 Å². The van der Waals surface area contributed by atoms with Crippen LogP contribution in [0, 0.1) is 0 Å². The van der Waals surface area contributed by atoms with Crippen molar-refractivity contribution in [1.29, 1.82) is 0 Å². The van der Waals surface area contributed by atoms with Gasteiger partial charge in [0.1, 0.15) is 11.2 Å². The molecule has 16 rings (SSSR count). The highest BCUT2D eigenvalue weighted by Crippen LogP contribution is 2.49. The highest BCUT2D eigenvalue weighted by Gasteiger charge is 2.22. The van der Waals surface area contributed by atoms with E-state index in [9.17, 15) is 12.3 Å². The van der Waals surface area contributed by atoms with E-state index >= 15 is 0 Å². The molecule has 0 unspecified atom stereocenters. The van der Waals surface area contributed by atoms with Crippen LogP contribution < -0.4 is 0 Å². The molecule has 0 aliphatic carbocycles. The molecular formula is C76H48O. The van der Waals surface area contributed by atoms with Gasteiger partial charge in [-0.05, 0) is 144 Å². The highest BCUT2D eigenvalue weighted by molar-refractivity contribution is 6.27. The molecule has 77 heavy (non-hydrogen) atoms. The fourth-order valence-corrected chi connectivity index (χ4v) is 10.5. The maximum absolute atomic E-state index is 9.36. The Morgan fingerprint density at radius 2 is 0.740 bits per heavy atom. The van der Waals surface area contributed by atoms with Crippen molar-refractivity contribution in [3.8, 4) is 55.6 Å². The standard InChI is InChI=1S/C40H26.C36H22O/c1-2-12-31-26-32(25-22-27(31)10-1)28-20-23-30(24-21-28)39-35-15-5-7-17-37(35)40(38-18-8-6-16-36(38)39)34-19-9-13-29-11-3-4-14-33(29)34;1-2-12-24(13-3-1)33-26-15-6-8-17-28(26)34(29-18-9-7-16-27(29)33)30-19-10-20-32-35(30)31-22-21-23-11-4-5-14-25(23)36(31)37-32/h1-26H;1-22H/i5D,6D,7D,8D,15D,16D,17D,18D;1D,2D,3D,4D,5D,6D,7D,8D,9D,10D,11D,12D,13D,14D,15D,16D,17D,18D,19D,20D,21D,22D. The third kappa shape index (κ3) is 7.39. The number of hydrogen-bond donors (Lipinski definition) is 0. The Hall–Kier alpha value is -10.1. The lowest BCUT2D eigenvalue weighted by molar-refractivity contribution is 0.673. The number of fused-ring (bicyclic) bond motifs is 11. The largest absolute Gasteiger partial charge is 0.455 e. The number of furan rings is 1. The van der Waals surface area contributed by atoms with Crippen molar-refractivity contribution in [2.24, 2.45) is 0 Å². The fourth-order valence-electron chi connectivity index (χ4n) is 10.5. The third-order valence-corrected chi connectivity index (χ3v) is 13.8. The summed E-state index contributed by atoms with van der Waals surface area (Å²) in [4.78, 5) is 0. The van der Waals surface area contributed by atoms with Crippen molar-refractivity contribution in [2.45, 2.75) is 0 Å². The maximum Gasteiger partial charge on any atom is 0.143 e. The zero-order chi connectivity index (χ0) is 76.9. The van der Waals surface area contributed by atoms with Crippen LogP contribution in [0.15, 0.2) is 295 Å². The van der Waals surface area contributed by atoms with Gasteiger partial charge in [0.25, 0.3) is 0 Å². The lowest BCUT2D eigenvalue weighted by atomic mass is 9.84. The first-order chi connectivity index (χ1) is 50.7. The zero-order valence-electron chi connectivity index (χ0n) is 69.8. The number of benzene rings is 15. The first-order valence-electron chi connectivity index (χ1n) is 39.1. The molecule has 0 aliphatic rings. The first kappa shape index (κ1) is 23.6. The maximum atomic E-state index is 9.36. The van der Waals surface area contributed by atoms with Gasteiger partial charge in [0.2, 0.25) is 0 Å². The molecule has 0 spiro atoms. The van der Waals surface area contributed by atoms with Gasteiger partial charge < -0.3 is 4.42 Å². The Kier molecular flexibility index (Phi) is 5.64. The molecule has 1 aromatic heterocycles. The van der Waals surface area contributed by atoms with Gasteiger partial charge in [-0.3, -0.25) is 0 Å². The van der Waals surface area contributed by atoms with Crippen molar-refractivity contribution in [2.75, 3.05) is 0 Å². The van der Waals surface area contributed by atoms with E-state index in [0.717, 1.165) is 32.7 Å². The van der Waals surface area contributed by atoms with Crippen LogP contribution in [0.3, 0.4) is 0 Å². The van der Waals surface area contributed by atoms with Crippen molar-refractivity contribution in [1.82, 2.24) is 0 Å². The summed E-state index contributed by atoms with van der Waals surface area (Å²) < 4.78 is 271. The molecular weight excluding hydrogens is 929 g/mol. The Morgan fingerprint density at radius 1 is 0.247 bits per heavy atom. The average molecular weight is 1010 g/mol. The normalized spacial score (nSPS) is 17.1. The quantitative estimate of drug-likeness (QED) is 0.157. The molecule has 0 aliphatic heterocycles. The molecule has 16 aromatic rings. The van der Waals surface area contributed by atoms with E-state index in [1.165, 1.54) is 0 Å². The first-order valence-corrected chi connectivity index (χ1v) is 24.1. The highest BCUT2D eigenvalue weighted by atomic mass is 16.3. The predicted molar refractivity (Wildman–Crippen MR) is 330 cm³/mol. The molecule has 0 radical (unpaired) electrons. The van der Waals surface area contributed by atoms with Crippen LogP contribution in [0.5, 0.6) is 0 Å². The topological polar surface area (TPSA) is 13.1 Å². The van der Waals surface area contributed by atoms with Gasteiger partial charge >= 0.3 is 0 Å². The fraction of sp³-hybridized carbons (Fsp3) is 0. The smallest absolute Gasteiger partial charge is 0.143 e. The van der Waals surface area contributed by atoms with Crippen LogP contribution in [0.25, 0.3) is 153 Å². The summed E-state index contributed by atoms with van der Waals surface area (Å²) in [6.07, 6.45) is 0. The SMILES string of the molecule is [2H]c1c([2H])c([2H])c(-c2c3c([2H])c([2H])c([2H])c([2H])c3c(-c3c([2H])c([2H])c([2H])c4oc5c6c([2H])c([2H])c([2H])c([2H])c6c([2H])c([2H])c5c34)c3c([2H])c([2H])c([2H])c([2H])c23)c([2H])c1[2H].[2H]c1c([2H])c([2H])c2c(-c3cccc4ccccc34)c3c([2H])c([2H])c([2H])c([2H])c3c(-c3ccc(-c4ccc5ccccc5c4)cc3)c2c1[2H]. The molecule has 1 heteroatoms. The molecule has 15 aromatic carbocycles. The molecule has 0 bridgehead atoms. The van der Waals surface area contributed by atoms with Crippen molar-refractivity contribution in [3.05, 3.63) is 290 Å². The van der Waals surface area contributed by atoms with Gasteiger partial charge in [-0.1, -0.05) is 272 Å². The molecule has 0 saturated carbocycles. The Labute approximate surface area is 488 Å². The monoisotopic (exact) mass is 1010 g/mol. The molecule has 1 nitrogen and oxygen atoms in total. The predicted octanol–water partition coefficient (Wildman–Crippen LogP) is 21.7. The van der Waals surface area contributed by atoms with Crippen LogP contribution in [0.2, 0.25) is 0 Å². The molecule has 0 amide bonds. The third-order valence-electron chi connectivity index (χ3n) is 13.8. The zero-order valence-corrected chi connectivity index (χ0v) is 39.8. The van der Waals surface area contributed by atoms with E-state index in [1.807, 2.05) is 84.9 Å². The van der Waals surface area contributed by atoms with Gasteiger partial charge in [-0.2, -0.15) is 0 Å². The number of rotatable bonds is 5. The minimum atomic E-state index is -0.907. The second-order valence-electron chi connectivity index (χ2n) is 17.9. The van der Waals surface area contributed by atoms with E-state index in [-0.39, 0.29) is 45.7 Å². The minimum Gasteiger partial charge on any atom is -0.455 e. The summed E-state index contributed by atoms with van der Waals surface area (Å²) in [7, 11) is 0. The van der Waals surface area contributed by atoms with Gasteiger partial charge in [0.15, 0.2) is 0 Å². The summed E-state index contributed by atoms with van der Waals surface area (Å²) in [5, 5.41) is 0.599. The summed E-state index contributed by atoms with van der Waals surface area (Å²) in [6.45, 7) is 0. The average Bonchev–Trinajstić information content (AvgIpc) is 1.05. The van der Waals surface area contributed by atoms with Gasteiger partial charge in [0, 0.05) is 16.2 Å². The summed E-state index contributed by atoms with van der Waals surface area (Å²) >= 11 is 0. The van der Waals surface area contributed by atoms with Gasteiger partial charge in [-0.15, -0.1) is 0 Å². The minimum absolute atomic E-state index is 0.208. The van der Waals surface area contributed by atoms with Crippen molar-refractivity contribution >= 4 is 97.3 Å². The van der Waals surface area contributed by atoms with E-state index < -0.39 is 234 Å². The second kappa shape index (κ2) is 18.4. The van der Waals surface area contributed by atoms with Gasteiger partial charge in [0.05, 0.1) is 41.1 Å². The molecule has 358 valence electrons. The molecule has 0 N–H and O–H groups in total. The molecule has 0 saturated heterocycles. The van der Waals surface area contributed by atoms with Crippen molar-refractivity contribution < 1.29 is 45.5 Å². The molecule has 1 heterocycles. The second-order valence-corrected chi connectivity index (χ2v) is 17.9. The summed E-state index contributed by atoms with van der Waals surface area (Å²) in [5.74, 6) is 0. The van der Waals surface area contributed by atoms with Crippen LogP contribution in [0.4, 0.5) is 0 Å². The van der Waals surface area contributed by atoms with Crippen LogP contribution in [0.1, 0.15) is 41.1 Å². The van der Waals surface area contributed by atoms with E-state index in [1.54, 1.807) is 0 Å². The molecule has 0 atom stereocenters. The Morgan fingerprint density at radius 3 is 1.39 bits per heavy atom. The summed E-state index contributed by atoms with van der Waals surface area (Å²) in [6, 6.07) is 14.1. The van der Waals surface area contributed by atoms with Crippen LogP contribution in [-0.4, -0.2) is 0 Å². The van der Waals surface area contributed by atoms with Gasteiger partial charge in [-0.25, -0.2) is 0 Å². The van der Waals surface area contributed by atoms with Crippen LogP contribution in [-0.2, 0) is 0 Å². The number of hydrogen-bond acceptors (Lipinski definition) is 1. The van der Waals surface area contributed by atoms with E-state index in [4.69, 9.17) is 33.2 Å².